The Labute approximate surface area is 129 Å². The number of para-hydroxylation sites is 1. The van der Waals surface area contributed by atoms with E-state index >= 15 is 0 Å². The first kappa shape index (κ1) is 16.9. The molecule has 4 N–H and O–H groups in total. The maximum atomic E-state index is 12.0. The molecule has 1 unspecified atom stereocenters. The predicted octanol–water partition coefficient (Wildman–Crippen LogP) is 1.16. The standard InChI is InChI=1S/C14H20N4O2S/c1-9(2)12(15-10(3)19)13(20)17-18-14(21)16-11-7-5-4-6-8-11/h4-9,12H,1-3H3,(H,15,19)(H,17,20)(H2,16,18,21). The third-order valence-corrected chi connectivity index (χ3v) is 2.84. The van der Waals surface area contributed by atoms with Gasteiger partial charge in [-0.15, -0.1) is 0 Å². The Bertz CT molecular complexity index is 505. The number of rotatable bonds is 4. The van der Waals surface area contributed by atoms with Crippen LogP contribution >= 0.6 is 12.2 Å². The molecule has 7 heteroatoms. The molecule has 0 aromatic heterocycles. The van der Waals surface area contributed by atoms with Crippen molar-refractivity contribution in [1.29, 1.82) is 0 Å². The minimum atomic E-state index is -0.616. The van der Waals surface area contributed by atoms with Crippen LogP contribution in [0.25, 0.3) is 0 Å². The van der Waals surface area contributed by atoms with Crippen molar-refractivity contribution in [2.24, 2.45) is 5.92 Å². The zero-order valence-corrected chi connectivity index (χ0v) is 13.1. The third-order valence-electron chi connectivity index (χ3n) is 2.64. The van der Waals surface area contributed by atoms with E-state index in [-0.39, 0.29) is 22.8 Å². The van der Waals surface area contributed by atoms with Gasteiger partial charge in [-0.05, 0) is 30.3 Å². The number of hydrogen-bond donors (Lipinski definition) is 4. The van der Waals surface area contributed by atoms with E-state index in [0.717, 1.165) is 5.69 Å². The first-order chi connectivity index (χ1) is 9.90. The van der Waals surface area contributed by atoms with Gasteiger partial charge >= 0.3 is 0 Å². The van der Waals surface area contributed by atoms with Gasteiger partial charge in [0, 0.05) is 12.6 Å². The number of carbonyl (C=O) groups excluding carboxylic acids is 2. The summed E-state index contributed by atoms with van der Waals surface area (Å²) in [5.74, 6) is -0.641. The summed E-state index contributed by atoms with van der Waals surface area (Å²) in [4.78, 5) is 23.1. The number of nitrogens with one attached hydrogen (secondary N) is 4. The zero-order chi connectivity index (χ0) is 15.8. The van der Waals surface area contributed by atoms with Crippen LogP contribution in [0, 0.1) is 5.92 Å². The molecule has 1 aromatic rings. The largest absolute Gasteiger partial charge is 0.344 e. The van der Waals surface area contributed by atoms with E-state index in [1.165, 1.54) is 6.92 Å². The van der Waals surface area contributed by atoms with Crippen molar-refractivity contribution < 1.29 is 9.59 Å². The molecule has 114 valence electrons. The molecule has 1 aromatic carbocycles. The van der Waals surface area contributed by atoms with Crippen LogP contribution in [0.3, 0.4) is 0 Å². The molecular weight excluding hydrogens is 288 g/mol. The molecule has 2 amide bonds. The van der Waals surface area contributed by atoms with E-state index in [0.29, 0.717) is 0 Å². The lowest BCUT2D eigenvalue weighted by molar-refractivity contribution is -0.129. The third kappa shape index (κ3) is 6.22. The lowest BCUT2D eigenvalue weighted by Gasteiger charge is -2.21. The monoisotopic (exact) mass is 308 g/mol. The topological polar surface area (TPSA) is 82.3 Å². The second-order valence-electron chi connectivity index (χ2n) is 4.86. The maximum Gasteiger partial charge on any atom is 0.261 e. The Hall–Kier alpha value is -2.15. The minimum Gasteiger partial charge on any atom is -0.344 e. The second kappa shape index (κ2) is 8.21. The molecule has 0 fully saturated rings. The normalized spacial score (nSPS) is 11.4. The number of hydrazine groups is 1. The summed E-state index contributed by atoms with van der Waals surface area (Å²) in [7, 11) is 0. The van der Waals surface area contributed by atoms with Gasteiger partial charge in [0.05, 0.1) is 0 Å². The lowest BCUT2D eigenvalue weighted by Crippen LogP contribution is -2.54. The molecule has 0 aliphatic rings. The van der Waals surface area contributed by atoms with Gasteiger partial charge in [-0.2, -0.15) is 0 Å². The Morgan fingerprint density at radius 1 is 1.10 bits per heavy atom. The fraction of sp³-hybridized carbons (Fsp3) is 0.357. The summed E-state index contributed by atoms with van der Waals surface area (Å²) >= 11 is 5.07. The lowest BCUT2D eigenvalue weighted by atomic mass is 10.0. The van der Waals surface area contributed by atoms with Crippen LogP contribution in [-0.2, 0) is 9.59 Å². The molecule has 0 spiro atoms. The summed E-state index contributed by atoms with van der Waals surface area (Å²) in [5.41, 5.74) is 5.90. The maximum absolute atomic E-state index is 12.0. The molecular formula is C14H20N4O2S. The summed E-state index contributed by atoms with van der Waals surface area (Å²) in [5, 5.41) is 5.79. The minimum absolute atomic E-state index is 0.0358. The molecule has 0 aliphatic heterocycles. The van der Waals surface area contributed by atoms with Crippen LogP contribution in [0.5, 0.6) is 0 Å². The van der Waals surface area contributed by atoms with Crippen molar-refractivity contribution in [2.45, 2.75) is 26.8 Å². The number of hydrogen-bond acceptors (Lipinski definition) is 3. The zero-order valence-electron chi connectivity index (χ0n) is 12.3. The quantitative estimate of drug-likeness (QED) is 0.496. The van der Waals surface area contributed by atoms with E-state index in [4.69, 9.17) is 12.2 Å². The Morgan fingerprint density at radius 2 is 1.71 bits per heavy atom. The van der Waals surface area contributed by atoms with Crippen LogP contribution in [0.15, 0.2) is 30.3 Å². The highest BCUT2D eigenvalue weighted by Gasteiger charge is 2.22. The molecule has 0 saturated heterocycles. The first-order valence-electron chi connectivity index (χ1n) is 6.59. The SMILES string of the molecule is CC(=O)NC(C(=O)NNC(=S)Nc1ccccc1)C(C)C. The molecule has 0 aliphatic carbocycles. The average Bonchev–Trinajstić information content (AvgIpc) is 2.43. The number of anilines is 1. The summed E-state index contributed by atoms with van der Waals surface area (Å²) in [6, 6.07) is 8.72. The molecule has 21 heavy (non-hydrogen) atoms. The van der Waals surface area contributed by atoms with Crippen molar-refractivity contribution >= 4 is 34.8 Å². The van der Waals surface area contributed by atoms with Crippen molar-refractivity contribution in [1.82, 2.24) is 16.2 Å². The highest BCUT2D eigenvalue weighted by Crippen LogP contribution is 2.04. The van der Waals surface area contributed by atoms with Gasteiger partial charge in [0.15, 0.2) is 5.11 Å². The van der Waals surface area contributed by atoms with Gasteiger partial charge < -0.3 is 10.6 Å². The van der Waals surface area contributed by atoms with E-state index < -0.39 is 6.04 Å². The van der Waals surface area contributed by atoms with E-state index in [2.05, 4.69) is 21.5 Å². The number of amides is 2. The Kier molecular flexibility index (Phi) is 6.61. The fourth-order valence-corrected chi connectivity index (χ4v) is 1.80. The first-order valence-corrected chi connectivity index (χ1v) is 7.00. The van der Waals surface area contributed by atoms with Gasteiger partial charge in [-0.1, -0.05) is 32.0 Å². The molecule has 1 atom stereocenters. The van der Waals surface area contributed by atoms with Crippen LogP contribution in [0.4, 0.5) is 5.69 Å². The summed E-state index contributed by atoms with van der Waals surface area (Å²) in [6.07, 6.45) is 0. The Balaban J connectivity index is 2.47. The second-order valence-corrected chi connectivity index (χ2v) is 5.26. The number of carbonyl (C=O) groups is 2. The predicted molar refractivity (Wildman–Crippen MR) is 86.4 cm³/mol. The fourth-order valence-electron chi connectivity index (χ4n) is 1.63. The van der Waals surface area contributed by atoms with Crippen LogP contribution < -0.4 is 21.5 Å². The molecule has 0 bridgehead atoms. The highest BCUT2D eigenvalue weighted by atomic mass is 32.1. The van der Waals surface area contributed by atoms with Crippen molar-refractivity contribution in [3.05, 3.63) is 30.3 Å². The van der Waals surface area contributed by atoms with Crippen LogP contribution in [0.1, 0.15) is 20.8 Å². The van der Waals surface area contributed by atoms with Crippen molar-refractivity contribution in [3.63, 3.8) is 0 Å². The van der Waals surface area contributed by atoms with Gasteiger partial charge in [0.25, 0.3) is 5.91 Å². The summed E-state index contributed by atoms with van der Waals surface area (Å²) < 4.78 is 0. The Morgan fingerprint density at radius 3 is 2.24 bits per heavy atom. The van der Waals surface area contributed by atoms with Gasteiger partial charge in [0.1, 0.15) is 6.04 Å². The molecule has 0 heterocycles. The number of benzene rings is 1. The summed E-state index contributed by atoms with van der Waals surface area (Å²) in [6.45, 7) is 5.07. The van der Waals surface area contributed by atoms with E-state index in [1.807, 2.05) is 44.2 Å². The van der Waals surface area contributed by atoms with E-state index in [9.17, 15) is 9.59 Å². The van der Waals surface area contributed by atoms with Gasteiger partial charge in [0.2, 0.25) is 5.91 Å². The molecule has 6 nitrogen and oxygen atoms in total. The van der Waals surface area contributed by atoms with Gasteiger partial charge in [-0.3, -0.25) is 20.4 Å². The van der Waals surface area contributed by atoms with Crippen molar-refractivity contribution in [2.75, 3.05) is 5.32 Å². The molecule has 0 radical (unpaired) electrons. The smallest absolute Gasteiger partial charge is 0.261 e. The molecule has 0 saturated carbocycles. The number of thiocarbonyl (C=S) groups is 1. The average molecular weight is 308 g/mol. The van der Waals surface area contributed by atoms with E-state index in [1.54, 1.807) is 0 Å². The molecule has 1 rings (SSSR count). The van der Waals surface area contributed by atoms with Crippen LogP contribution in [-0.4, -0.2) is 23.0 Å². The van der Waals surface area contributed by atoms with Crippen LogP contribution in [0.2, 0.25) is 0 Å². The highest BCUT2D eigenvalue weighted by molar-refractivity contribution is 7.80. The van der Waals surface area contributed by atoms with Crippen molar-refractivity contribution in [3.8, 4) is 0 Å². The van der Waals surface area contributed by atoms with Gasteiger partial charge in [-0.25, -0.2) is 0 Å².